The van der Waals surface area contributed by atoms with E-state index >= 15 is 0 Å². The quantitative estimate of drug-likeness (QED) is 0.561. The summed E-state index contributed by atoms with van der Waals surface area (Å²) in [5, 5.41) is 5.47. The number of rotatable bonds is 3. The van der Waals surface area contributed by atoms with Crippen molar-refractivity contribution in [3.63, 3.8) is 0 Å². The van der Waals surface area contributed by atoms with E-state index in [0.29, 0.717) is 5.92 Å². The van der Waals surface area contributed by atoms with Crippen LogP contribution in [0.1, 0.15) is 31.2 Å². The van der Waals surface area contributed by atoms with Crippen LogP contribution < -0.4 is 4.90 Å². The molecule has 1 saturated heterocycles. The van der Waals surface area contributed by atoms with Gasteiger partial charge in [0.2, 0.25) is 0 Å². The standard InChI is InChI=1S/C20H21N5O/c1-2-25-12-15(11-23-25)14-7-9-24(10-8-14)20-19-18(21-13-22-20)16-5-3-4-6-17(16)26-19/h3-6,11-14H,2,7-10H2,1H3. The zero-order valence-corrected chi connectivity index (χ0v) is 14.8. The van der Waals surface area contributed by atoms with Crippen LogP contribution in [0.25, 0.3) is 22.1 Å². The molecule has 0 unspecified atom stereocenters. The summed E-state index contributed by atoms with van der Waals surface area (Å²) in [4.78, 5) is 11.3. The van der Waals surface area contributed by atoms with Gasteiger partial charge in [0.25, 0.3) is 0 Å². The van der Waals surface area contributed by atoms with Crippen molar-refractivity contribution in [2.75, 3.05) is 18.0 Å². The highest BCUT2D eigenvalue weighted by Gasteiger charge is 2.25. The molecule has 0 aliphatic carbocycles. The summed E-state index contributed by atoms with van der Waals surface area (Å²) in [5.41, 5.74) is 3.91. The van der Waals surface area contributed by atoms with Crippen LogP contribution >= 0.6 is 0 Å². The first-order valence-electron chi connectivity index (χ1n) is 9.23. The first-order valence-corrected chi connectivity index (χ1v) is 9.23. The summed E-state index contributed by atoms with van der Waals surface area (Å²) in [5.74, 6) is 1.48. The molecule has 4 heterocycles. The summed E-state index contributed by atoms with van der Waals surface area (Å²) in [6.45, 7) is 4.97. The first kappa shape index (κ1) is 15.4. The number of hydrogen-bond donors (Lipinski definition) is 0. The van der Waals surface area contributed by atoms with E-state index in [4.69, 9.17) is 4.42 Å². The monoisotopic (exact) mass is 347 g/mol. The topological polar surface area (TPSA) is 60.0 Å². The number of para-hydroxylation sites is 1. The molecule has 1 fully saturated rings. The number of hydrogen-bond acceptors (Lipinski definition) is 5. The molecular weight excluding hydrogens is 326 g/mol. The second kappa shape index (κ2) is 6.12. The van der Waals surface area contributed by atoms with Gasteiger partial charge in [-0.3, -0.25) is 4.68 Å². The molecule has 6 heteroatoms. The highest BCUT2D eigenvalue weighted by Crippen LogP contribution is 2.35. The van der Waals surface area contributed by atoms with Gasteiger partial charge in [-0.15, -0.1) is 0 Å². The van der Waals surface area contributed by atoms with Crippen LogP contribution in [0, 0.1) is 0 Å². The van der Waals surface area contributed by atoms with Crippen LogP contribution in [-0.4, -0.2) is 32.8 Å². The van der Waals surface area contributed by atoms with Gasteiger partial charge < -0.3 is 9.32 Å². The lowest BCUT2D eigenvalue weighted by atomic mass is 9.91. The number of aryl methyl sites for hydroxylation is 1. The molecule has 26 heavy (non-hydrogen) atoms. The molecule has 1 aliphatic heterocycles. The maximum atomic E-state index is 6.09. The van der Waals surface area contributed by atoms with Gasteiger partial charge in [0.15, 0.2) is 11.4 Å². The second-order valence-electron chi connectivity index (χ2n) is 6.86. The molecule has 0 radical (unpaired) electrons. The van der Waals surface area contributed by atoms with Crippen molar-refractivity contribution in [3.8, 4) is 0 Å². The largest absolute Gasteiger partial charge is 0.450 e. The number of aromatic nitrogens is 4. The summed E-state index contributed by atoms with van der Waals surface area (Å²) < 4.78 is 8.09. The van der Waals surface area contributed by atoms with Crippen LogP contribution in [-0.2, 0) is 6.54 Å². The molecule has 6 nitrogen and oxygen atoms in total. The molecule has 132 valence electrons. The SMILES string of the molecule is CCn1cc(C2CCN(c3ncnc4c3oc3ccccc34)CC2)cn1. The Balaban J connectivity index is 1.43. The minimum atomic E-state index is 0.569. The zero-order chi connectivity index (χ0) is 17.5. The van der Waals surface area contributed by atoms with Gasteiger partial charge >= 0.3 is 0 Å². The highest BCUT2D eigenvalue weighted by molar-refractivity contribution is 6.05. The van der Waals surface area contributed by atoms with E-state index in [0.717, 1.165) is 60.4 Å². The molecule has 0 bridgehead atoms. The fraction of sp³-hybridized carbons (Fsp3) is 0.350. The van der Waals surface area contributed by atoms with Crippen molar-refractivity contribution in [3.05, 3.63) is 48.5 Å². The molecule has 0 N–H and O–H groups in total. The third-order valence-corrected chi connectivity index (χ3v) is 5.38. The smallest absolute Gasteiger partial charge is 0.196 e. The normalized spacial score (nSPS) is 16.0. The van der Waals surface area contributed by atoms with Crippen molar-refractivity contribution in [1.82, 2.24) is 19.7 Å². The molecule has 1 aromatic carbocycles. The van der Waals surface area contributed by atoms with Crippen LogP contribution in [0.5, 0.6) is 0 Å². The number of anilines is 1. The van der Waals surface area contributed by atoms with Gasteiger partial charge in [0.05, 0.1) is 6.20 Å². The van der Waals surface area contributed by atoms with Gasteiger partial charge in [-0.05, 0) is 43.4 Å². The molecule has 3 aromatic heterocycles. The van der Waals surface area contributed by atoms with Crippen molar-refractivity contribution < 1.29 is 4.42 Å². The Morgan fingerprint density at radius 2 is 2.00 bits per heavy atom. The Labute approximate surface area is 151 Å². The summed E-state index contributed by atoms with van der Waals surface area (Å²) in [6.07, 6.45) is 8.05. The fourth-order valence-electron chi connectivity index (χ4n) is 3.92. The molecule has 4 aromatic rings. The molecular formula is C20H21N5O. The number of fused-ring (bicyclic) bond motifs is 3. The second-order valence-corrected chi connectivity index (χ2v) is 6.86. The summed E-state index contributed by atoms with van der Waals surface area (Å²) in [6, 6.07) is 8.04. The molecule has 5 rings (SSSR count). The van der Waals surface area contributed by atoms with Gasteiger partial charge in [-0.2, -0.15) is 5.10 Å². The van der Waals surface area contributed by atoms with Crippen LogP contribution in [0.4, 0.5) is 5.82 Å². The Morgan fingerprint density at radius 1 is 1.15 bits per heavy atom. The molecule has 0 saturated carbocycles. The van der Waals surface area contributed by atoms with Gasteiger partial charge in [-0.25, -0.2) is 9.97 Å². The lowest BCUT2D eigenvalue weighted by Gasteiger charge is -2.32. The van der Waals surface area contributed by atoms with E-state index in [9.17, 15) is 0 Å². The van der Waals surface area contributed by atoms with E-state index in [2.05, 4.69) is 39.2 Å². The highest BCUT2D eigenvalue weighted by atomic mass is 16.3. The van der Waals surface area contributed by atoms with Crippen molar-refractivity contribution in [1.29, 1.82) is 0 Å². The lowest BCUT2D eigenvalue weighted by molar-refractivity contribution is 0.500. The van der Waals surface area contributed by atoms with Crippen molar-refractivity contribution in [2.24, 2.45) is 0 Å². The van der Waals surface area contributed by atoms with E-state index in [1.54, 1.807) is 6.33 Å². The van der Waals surface area contributed by atoms with Crippen LogP contribution in [0.15, 0.2) is 47.4 Å². The Morgan fingerprint density at radius 3 is 2.81 bits per heavy atom. The van der Waals surface area contributed by atoms with Gasteiger partial charge in [0, 0.05) is 31.2 Å². The minimum Gasteiger partial charge on any atom is -0.450 e. The van der Waals surface area contributed by atoms with Crippen LogP contribution in [0.2, 0.25) is 0 Å². The maximum absolute atomic E-state index is 6.09. The average molecular weight is 347 g/mol. The summed E-state index contributed by atoms with van der Waals surface area (Å²) >= 11 is 0. The zero-order valence-electron chi connectivity index (χ0n) is 14.8. The fourth-order valence-corrected chi connectivity index (χ4v) is 3.92. The lowest BCUT2D eigenvalue weighted by Crippen LogP contribution is -2.33. The third kappa shape index (κ3) is 2.44. The maximum Gasteiger partial charge on any atom is 0.196 e. The number of nitrogens with zero attached hydrogens (tertiary/aromatic N) is 5. The van der Waals surface area contributed by atoms with E-state index < -0.39 is 0 Å². The minimum absolute atomic E-state index is 0.569. The Kier molecular flexibility index (Phi) is 3.62. The van der Waals surface area contributed by atoms with Crippen molar-refractivity contribution >= 4 is 27.9 Å². The summed E-state index contributed by atoms with van der Waals surface area (Å²) in [7, 11) is 0. The van der Waals surface area contributed by atoms with E-state index in [1.807, 2.05) is 29.1 Å². The number of piperidine rings is 1. The van der Waals surface area contributed by atoms with E-state index in [1.165, 1.54) is 5.56 Å². The van der Waals surface area contributed by atoms with Crippen LogP contribution in [0.3, 0.4) is 0 Å². The Bertz CT molecular complexity index is 1060. The molecule has 0 atom stereocenters. The predicted octanol–water partition coefficient (Wildman–Crippen LogP) is 3.98. The average Bonchev–Trinajstić information content (AvgIpc) is 3.32. The van der Waals surface area contributed by atoms with Gasteiger partial charge in [-0.1, -0.05) is 12.1 Å². The molecule has 1 aliphatic rings. The Hall–Kier alpha value is -2.89. The van der Waals surface area contributed by atoms with E-state index in [-0.39, 0.29) is 0 Å². The molecule has 0 spiro atoms. The first-order chi connectivity index (χ1) is 12.8. The van der Waals surface area contributed by atoms with Crippen molar-refractivity contribution in [2.45, 2.75) is 32.2 Å². The molecule has 0 amide bonds. The number of furan rings is 1. The third-order valence-electron chi connectivity index (χ3n) is 5.38. The number of benzene rings is 1. The van der Waals surface area contributed by atoms with Gasteiger partial charge in [0.1, 0.15) is 17.4 Å². The predicted molar refractivity (Wildman–Crippen MR) is 101 cm³/mol.